The van der Waals surface area contributed by atoms with Gasteiger partial charge in [-0.05, 0) is 42.2 Å². The van der Waals surface area contributed by atoms with E-state index in [4.69, 9.17) is 9.47 Å². The van der Waals surface area contributed by atoms with Crippen LogP contribution < -0.4 is 19.5 Å². The summed E-state index contributed by atoms with van der Waals surface area (Å²) >= 11 is 0. The number of anilines is 1. The molecule has 2 aromatic rings. The Bertz CT molecular complexity index is 1010. The molecule has 0 saturated heterocycles. The zero-order valence-corrected chi connectivity index (χ0v) is 18.5. The second-order valence-electron chi connectivity index (χ2n) is 8.32. The van der Waals surface area contributed by atoms with Gasteiger partial charge in [0, 0.05) is 18.2 Å². The molecule has 0 spiro atoms. The summed E-state index contributed by atoms with van der Waals surface area (Å²) in [5.74, 6) is 0.443. The Hall–Kier alpha value is -2.58. The highest BCUT2D eigenvalue weighted by Crippen LogP contribution is 2.32. The van der Waals surface area contributed by atoms with Crippen molar-refractivity contribution in [2.45, 2.75) is 50.5 Å². The molecule has 30 heavy (non-hydrogen) atoms. The Morgan fingerprint density at radius 2 is 1.63 bits per heavy atom. The number of carbonyl (C=O) groups excluding carboxylic acids is 1. The molecule has 1 atom stereocenters. The first-order chi connectivity index (χ1) is 14.1. The van der Waals surface area contributed by atoms with Crippen LogP contribution >= 0.6 is 0 Å². The Balaban J connectivity index is 1.67. The lowest BCUT2D eigenvalue weighted by Gasteiger charge is -2.19. The maximum Gasteiger partial charge on any atom is 0.242 e. The average Bonchev–Trinajstić information content (AvgIpc) is 2.92. The molecule has 8 heteroatoms. The van der Waals surface area contributed by atoms with Crippen LogP contribution in [-0.2, 0) is 20.2 Å². The normalized spacial score (nSPS) is 15.2. The Morgan fingerprint density at radius 1 is 1.00 bits per heavy atom. The number of sulfonamides is 1. The molecule has 0 aliphatic carbocycles. The SMILES string of the molecule is C[C@@H](NS(=O)(=O)c1ccc2c(c1)OCCCO2)C(=O)Nc1ccc(C(C)(C)C)cc1. The molecule has 1 aliphatic heterocycles. The van der Waals surface area contributed by atoms with Crippen LogP contribution in [0, 0.1) is 0 Å². The minimum absolute atomic E-state index is 0.00805. The van der Waals surface area contributed by atoms with Crippen LogP contribution in [0.2, 0.25) is 0 Å². The van der Waals surface area contributed by atoms with Crippen molar-refractivity contribution in [1.29, 1.82) is 0 Å². The van der Waals surface area contributed by atoms with E-state index in [1.807, 2.05) is 24.3 Å². The molecule has 2 N–H and O–H groups in total. The largest absolute Gasteiger partial charge is 0.490 e. The Morgan fingerprint density at radius 3 is 2.27 bits per heavy atom. The third-order valence-electron chi connectivity index (χ3n) is 4.77. The molecular weight excluding hydrogens is 404 g/mol. The van der Waals surface area contributed by atoms with Gasteiger partial charge in [0.05, 0.1) is 24.2 Å². The molecular formula is C22H28N2O5S. The first kappa shape index (κ1) is 22.1. The smallest absolute Gasteiger partial charge is 0.242 e. The predicted octanol–water partition coefficient (Wildman–Crippen LogP) is 3.45. The lowest BCUT2D eigenvalue weighted by molar-refractivity contribution is -0.117. The summed E-state index contributed by atoms with van der Waals surface area (Å²) in [6.45, 7) is 8.80. The highest BCUT2D eigenvalue weighted by atomic mass is 32.2. The Labute approximate surface area is 177 Å². The molecule has 1 heterocycles. The molecule has 0 fully saturated rings. The van der Waals surface area contributed by atoms with Crippen LogP contribution in [0.25, 0.3) is 0 Å². The van der Waals surface area contributed by atoms with Crippen molar-refractivity contribution in [2.24, 2.45) is 0 Å². The fraction of sp³-hybridized carbons (Fsp3) is 0.409. The van der Waals surface area contributed by atoms with E-state index in [0.717, 1.165) is 12.0 Å². The summed E-state index contributed by atoms with van der Waals surface area (Å²) in [6, 6.07) is 11.0. The molecule has 0 unspecified atom stereocenters. The van der Waals surface area contributed by atoms with Gasteiger partial charge >= 0.3 is 0 Å². The van der Waals surface area contributed by atoms with Gasteiger partial charge in [-0.15, -0.1) is 0 Å². The monoisotopic (exact) mass is 432 g/mol. The van der Waals surface area contributed by atoms with Crippen LogP contribution in [0.15, 0.2) is 47.4 Å². The number of hydrogen-bond donors (Lipinski definition) is 2. The van der Waals surface area contributed by atoms with Crippen LogP contribution in [0.3, 0.4) is 0 Å². The number of amides is 1. The average molecular weight is 433 g/mol. The molecule has 1 aliphatic rings. The van der Waals surface area contributed by atoms with Crippen LogP contribution in [0.5, 0.6) is 11.5 Å². The first-order valence-electron chi connectivity index (χ1n) is 9.90. The van der Waals surface area contributed by atoms with Gasteiger partial charge in [0.1, 0.15) is 0 Å². The van der Waals surface area contributed by atoms with Crippen molar-refractivity contribution in [3.63, 3.8) is 0 Å². The van der Waals surface area contributed by atoms with E-state index >= 15 is 0 Å². The second kappa shape index (κ2) is 8.65. The van der Waals surface area contributed by atoms with E-state index in [2.05, 4.69) is 30.8 Å². The quantitative estimate of drug-likeness (QED) is 0.755. The lowest BCUT2D eigenvalue weighted by atomic mass is 9.87. The summed E-state index contributed by atoms with van der Waals surface area (Å²) < 4.78 is 39.0. The predicted molar refractivity (Wildman–Crippen MR) is 116 cm³/mol. The van der Waals surface area contributed by atoms with Gasteiger partial charge in [-0.3, -0.25) is 4.79 Å². The first-order valence-corrected chi connectivity index (χ1v) is 11.4. The number of hydrogen-bond acceptors (Lipinski definition) is 5. The molecule has 0 bridgehead atoms. The highest BCUT2D eigenvalue weighted by molar-refractivity contribution is 7.89. The van der Waals surface area contributed by atoms with Crippen molar-refractivity contribution >= 4 is 21.6 Å². The van der Waals surface area contributed by atoms with Crippen molar-refractivity contribution in [2.75, 3.05) is 18.5 Å². The number of fused-ring (bicyclic) bond motifs is 1. The van der Waals surface area contributed by atoms with Crippen LogP contribution in [0.1, 0.15) is 39.7 Å². The van der Waals surface area contributed by atoms with Gasteiger partial charge in [-0.1, -0.05) is 32.9 Å². The van der Waals surface area contributed by atoms with E-state index in [9.17, 15) is 13.2 Å². The lowest BCUT2D eigenvalue weighted by Crippen LogP contribution is -2.41. The van der Waals surface area contributed by atoms with Gasteiger partial charge in [0.25, 0.3) is 0 Å². The van der Waals surface area contributed by atoms with E-state index < -0.39 is 22.0 Å². The molecule has 2 aromatic carbocycles. The van der Waals surface area contributed by atoms with Crippen molar-refractivity contribution in [3.8, 4) is 11.5 Å². The third kappa shape index (κ3) is 5.31. The number of ether oxygens (including phenoxy) is 2. The fourth-order valence-electron chi connectivity index (χ4n) is 2.97. The van der Waals surface area contributed by atoms with Crippen molar-refractivity contribution in [3.05, 3.63) is 48.0 Å². The van der Waals surface area contributed by atoms with Gasteiger partial charge in [0.15, 0.2) is 11.5 Å². The fourth-order valence-corrected chi connectivity index (χ4v) is 4.19. The number of nitrogens with one attached hydrogen (secondary N) is 2. The zero-order chi connectivity index (χ0) is 21.9. The number of rotatable bonds is 5. The maximum absolute atomic E-state index is 12.7. The maximum atomic E-state index is 12.7. The molecule has 3 rings (SSSR count). The summed E-state index contributed by atoms with van der Waals surface area (Å²) in [4.78, 5) is 12.5. The van der Waals surface area contributed by atoms with Crippen molar-refractivity contribution < 1.29 is 22.7 Å². The molecule has 0 aromatic heterocycles. The van der Waals surface area contributed by atoms with E-state index in [0.29, 0.717) is 30.4 Å². The molecule has 1 amide bonds. The number of carbonyl (C=O) groups is 1. The summed E-state index contributed by atoms with van der Waals surface area (Å²) in [5.41, 5.74) is 1.76. The molecule has 0 radical (unpaired) electrons. The van der Waals surface area contributed by atoms with Gasteiger partial charge < -0.3 is 14.8 Å². The van der Waals surface area contributed by atoms with Gasteiger partial charge in [0.2, 0.25) is 15.9 Å². The zero-order valence-electron chi connectivity index (χ0n) is 17.7. The summed E-state index contributed by atoms with van der Waals surface area (Å²) in [6.07, 6.45) is 0.725. The van der Waals surface area contributed by atoms with E-state index in [1.165, 1.54) is 19.1 Å². The number of benzene rings is 2. The molecule has 7 nitrogen and oxygen atoms in total. The standard InChI is InChI=1S/C22H28N2O5S/c1-15(21(25)23-17-8-6-16(7-9-17)22(2,3)4)24-30(26,27)18-10-11-19-20(14-18)29-13-5-12-28-19/h6-11,14-15,24H,5,12-13H2,1-4H3,(H,23,25)/t15-/m1/s1. The van der Waals surface area contributed by atoms with Crippen LogP contribution in [-0.4, -0.2) is 33.6 Å². The van der Waals surface area contributed by atoms with Crippen LogP contribution in [0.4, 0.5) is 5.69 Å². The minimum atomic E-state index is -3.91. The molecule has 162 valence electrons. The van der Waals surface area contributed by atoms with E-state index in [-0.39, 0.29) is 10.3 Å². The van der Waals surface area contributed by atoms with E-state index in [1.54, 1.807) is 6.07 Å². The Kier molecular flexibility index (Phi) is 6.38. The summed E-state index contributed by atoms with van der Waals surface area (Å²) in [7, 11) is -3.91. The van der Waals surface area contributed by atoms with Crippen molar-refractivity contribution in [1.82, 2.24) is 4.72 Å². The summed E-state index contributed by atoms with van der Waals surface area (Å²) in [5, 5.41) is 2.74. The third-order valence-corrected chi connectivity index (χ3v) is 6.31. The highest BCUT2D eigenvalue weighted by Gasteiger charge is 2.24. The van der Waals surface area contributed by atoms with Gasteiger partial charge in [-0.25, -0.2) is 8.42 Å². The topological polar surface area (TPSA) is 93.7 Å². The molecule has 0 saturated carbocycles. The second-order valence-corrected chi connectivity index (χ2v) is 10.0. The minimum Gasteiger partial charge on any atom is -0.490 e. The van der Waals surface area contributed by atoms with Gasteiger partial charge in [-0.2, -0.15) is 4.72 Å².